The standard InChI is InChI=1S/C15H16ClN3O2S/c1-3-9-19-14(11-7-5-6-8-12(11)16)17-18-15(19)22-10-13(20)21-4-2/h3,5-8H,1,4,9-10H2,2H3. The number of hydrogen-bond donors (Lipinski definition) is 0. The summed E-state index contributed by atoms with van der Waals surface area (Å²) in [6.07, 6.45) is 1.75. The second-order valence-corrected chi connectivity index (χ2v) is 5.63. The number of aromatic nitrogens is 3. The van der Waals surface area contributed by atoms with Crippen LogP contribution in [0, 0.1) is 0 Å². The Balaban J connectivity index is 2.27. The highest BCUT2D eigenvalue weighted by molar-refractivity contribution is 7.99. The molecule has 0 radical (unpaired) electrons. The van der Waals surface area contributed by atoms with Gasteiger partial charge in [-0.1, -0.05) is 41.6 Å². The molecule has 1 aromatic heterocycles. The maximum Gasteiger partial charge on any atom is 0.316 e. The Morgan fingerprint density at radius 2 is 2.23 bits per heavy atom. The smallest absolute Gasteiger partial charge is 0.316 e. The summed E-state index contributed by atoms with van der Waals surface area (Å²) < 4.78 is 6.79. The molecular formula is C15H16ClN3O2S. The minimum atomic E-state index is -0.278. The van der Waals surface area contributed by atoms with Crippen LogP contribution in [-0.4, -0.2) is 33.1 Å². The third kappa shape index (κ3) is 3.90. The van der Waals surface area contributed by atoms with Gasteiger partial charge in [-0.25, -0.2) is 0 Å². The first-order valence-electron chi connectivity index (χ1n) is 6.74. The highest BCUT2D eigenvalue weighted by Crippen LogP contribution is 2.29. The van der Waals surface area contributed by atoms with Crippen LogP contribution < -0.4 is 0 Å². The number of hydrogen-bond acceptors (Lipinski definition) is 5. The Labute approximate surface area is 138 Å². The van der Waals surface area contributed by atoms with Crippen molar-refractivity contribution in [1.29, 1.82) is 0 Å². The van der Waals surface area contributed by atoms with Gasteiger partial charge in [-0.05, 0) is 19.1 Å². The fourth-order valence-corrected chi connectivity index (χ4v) is 2.82. The molecule has 1 aromatic carbocycles. The number of halogens is 1. The number of carbonyl (C=O) groups is 1. The van der Waals surface area contributed by atoms with E-state index in [0.717, 1.165) is 5.56 Å². The monoisotopic (exact) mass is 337 g/mol. The Kier molecular flexibility index (Phi) is 6.03. The summed E-state index contributed by atoms with van der Waals surface area (Å²) in [5, 5.41) is 9.57. The lowest BCUT2D eigenvalue weighted by molar-refractivity contribution is -0.139. The van der Waals surface area contributed by atoms with Crippen LogP contribution in [-0.2, 0) is 16.1 Å². The van der Waals surface area contributed by atoms with Crippen LogP contribution in [0.4, 0.5) is 0 Å². The third-order valence-corrected chi connectivity index (χ3v) is 4.04. The van der Waals surface area contributed by atoms with E-state index in [1.165, 1.54) is 11.8 Å². The highest BCUT2D eigenvalue weighted by Gasteiger charge is 2.16. The van der Waals surface area contributed by atoms with Gasteiger partial charge in [-0.2, -0.15) is 0 Å². The molecule has 2 aromatic rings. The Bertz CT molecular complexity index is 673. The number of allylic oxidation sites excluding steroid dienone is 1. The van der Waals surface area contributed by atoms with Crippen molar-refractivity contribution in [3.63, 3.8) is 0 Å². The van der Waals surface area contributed by atoms with Gasteiger partial charge in [0.25, 0.3) is 0 Å². The summed E-state index contributed by atoms with van der Waals surface area (Å²) in [5.41, 5.74) is 0.793. The lowest BCUT2D eigenvalue weighted by atomic mass is 10.2. The quantitative estimate of drug-likeness (QED) is 0.440. The minimum absolute atomic E-state index is 0.186. The van der Waals surface area contributed by atoms with E-state index < -0.39 is 0 Å². The molecule has 0 fully saturated rings. The molecule has 0 bridgehead atoms. The summed E-state index contributed by atoms with van der Waals surface area (Å²) in [7, 11) is 0. The van der Waals surface area contributed by atoms with Crippen molar-refractivity contribution in [1.82, 2.24) is 14.8 Å². The van der Waals surface area contributed by atoms with Crippen LogP contribution in [0.5, 0.6) is 0 Å². The first-order valence-corrected chi connectivity index (χ1v) is 8.11. The average Bonchev–Trinajstić information content (AvgIpc) is 2.89. The summed E-state index contributed by atoms with van der Waals surface area (Å²) >= 11 is 7.50. The molecule has 0 aliphatic carbocycles. The fourth-order valence-electron chi connectivity index (χ4n) is 1.86. The van der Waals surface area contributed by atoms with Gasteiger partial charge in [0, 0.05) is 12.1 Å². The second kappa shape index (κ2) is 8.00. The normalized spacial score (nSPS) is 10.5. The van der Waals surface area contributed by atoms with E-state index in [1.807, 2.05) is 22.8 Å². The summed E-state index contributed by atoms with van der Waals surface area (Å²) in [5.74, 6) is 0.558. The van der Waals surface area contributed by atoms with Gasteiger partial charge >= 0.3 is 5.97 Å². The van der Waals surface area contributed by atoms with E-state index in [4.69, 9.17) is 16.3 Å². The van der Waals surface area contributed by atoms with Crippen LogP contribution in [0.25, 0.3) is 11.4 Å². The average molecular weight is 338 g/mol. The maximum atomic E-state index is 11.5. The molecule has 0 aliphatic heterocycles. The van der Waals surface area contributed by atoms with Gasteiger partial charge in [0.2, 0.25) is 0 Å². The summed E-state index contributed by atoms with van der Waals surface area (Å²) in [4.78, 5) is 11.5. The van der Waals surface area contributed by atoms with Crippen molar-refractivity contribution in [3.8, 4) is 11.4 Å². The van der Waals surface area contributed by atoms with Gasteiger partial charge < -0.3 is 4.74 Å². The Hall–Kier alpha value is -1.79. The van der Waals surface area contributed by atoms with Crippen molar-refractivity contribution in [2.24, 2.45) is 0 Å². The van der Waals surface area contributed by atoms with Gasteiger partial charge in [0.1, 0.15) is 0 Å². The van der Waals surface area contributed by atoms with E-state index in [0.29, 0.717) is 29.2 Å². The second-order valence-electron chi connectivity index (χ2n) is 4.28. The molecule has 0 aliphatic rings. The molecule has 116 valence electrons. The van der Waals surface area contributed by atoms with Crippen LogP contribution >= 0.6 is 23.4 Å². The molecule has 0 amide bonds. The molecule has 0 N–H and O–H groups in total. The molecule has 0 spiro atoms. The third-order valence-electron chi connectivity index (χ3n) is 2.77. The number of rotatable bonds is 7. The van der Waals surface area contributed by atoms with E-state index in [1.54, 1.807) is 19.1 Å². The zero-order valence-corrected chi connectivity index (χ0v) is 13.7. The zero-order valence-electron chi connectivity index (χ0n) is 12.2. The van der Waals surface area contributed by atoms with Gasteiger partial charge in [0.15, 0.2) is 11.0 Å². The number of esters is 1. The predicted molar refractivity (Wildman–Crippen MR) is 88.0 cm³/mol. The molecule has 1 heterocycles. The molecule has 2 rings (SSSR count). The SMILES string of the molecule is C=CCn1c(SCC(=O)OCC)nnc1-c1ccccc1Cl. The summed E-state index contributed by atoms with van der Waals surface area (Å²) in [6, 6.07) is 7.43. The lowest BCUT2D eigenvalue weighted by Gasteiger charge is -2.08. The van der Waals surface area contributed by atoms with Crippen LogP contribution in [0.3, 0.4) is 0 Å². The van der Waals surface area contributed by atoms with Gasteiger partial charge in [-0.15, -0.1) is 16.8 Å². The first-order chi connectivity index (χ1) is 10.7. The highest BCUT2D eigenvalue weighted by atomic mass is 35.5. The Morgan fingerprint density at radius 1 is 1.45 bits per heavy atom. The lowest BCUT2D eigenvalue weighted by Crippen LogP contribution is -2.08. The van der Waals surface area contributed by atoms with Crippen molar-refractivity contribution >= 4 is 29.3 Å². The molecule has 0 saturated carbocycles. The van der Waals surface area contributed by atoms with Gasteiger partial charge in [0.05, 0.1) is 17.4 Å². The van der Waals surface area contributed by atoms with Crippen molar-refractivity contribution < 1.29 is 9.53 Å². The van der Waals surface area contributed by atoms with Crippen molar-refractivity contribution in [3.05, 3.63) is 41.9 Å². The first kappa shape index (κ1) is 16.6. The van der Waals surface area contributed by atoms with Gasteiger partial charge in [-0.3, -0.25) is 9.36 Å². The molecule has 5 nitrogen and oxygen atoms in total. The van der Waals surface area contributed by atoms with Crippen LogP contribution in [0.2, 0.25) is 5.02 Å². The molecule has 0 saturated heterocycles. The zero-order chi connectivity index (χ0) is 15.9. The number of ether oxygens (including phenoxy) is 1. The maximum absolute atomic E-state index is 11.5. The predicted octanol–water partition coefficient (Wildman–Crippen LogP) is 3.44. The van der Waals surface area contributed by atoms with Crippen molar-refractivity contribution in [2.75, 3.05) is 12.4 Å². The minimum Gasteiger partial charge on any atom is -0.465 e. The topological polar surface area (TPSA) is 57.0 Å². The molecule has 7 heteroatoms. The number of nitrogens with zero attached hydrogens (tertiary/aromatic N) is 3. The van der Waals surface area contributed by atoms with Crippen molar-refractivity contribution in [2.45, 2.75) is 18.6 Å². The summed E-state index contributed by atoms with van der Waals surface area (Å²) in [6.45, 7) is 6.42. The Morgan fingerprint density at radius 3 is 2.91 bits per heavy atom. The van der Waals surface area contributed by atoms with Crippen LogP contribution in [0.15, 0.2) is 42.1 Å². The largest absolute Gasteiger partial charge is 0.465 e. The fraction of sp³-hybridized carbons (Fsp3) is 0.267. The van der Waals surface area contributed by atoms with E-state index >= 15 is 0 Å². The number of carbonyl (C=O) groups excluding carboxylic acids is 1. The molecule has 0 unspecified atom stereocenters. The van der Waals surface area contributed by atoms with Crippen LogP contribution in [0.1, 0.15) is 6.92 Å². The van der Waals surface area contributed by atoms with E-state index in [9.17, 15) is 4.79 Å². The van der Waals surface area contributed by atoms with E-state index in [2.05, 4.69) is 16.8 Å². The molecular weight excluding hydrogens is 322 g/mol. The molecule has 22 heavy (non-hydrogen) atoms. The molecule has 0 atom stereocenters. The number of thioether (sulfide) groups is 1. The number of benzene rings is 1. The van der Waals surface area contributed by atoms with E-state index in [-0.39, 0.29) is 11.7 Å².